The maximum absolute atomic E-state index is 12.6. The molecule has 2 fully saturated rings. The quantitative estimate of drug-likeness (QED) is 0.838. The first kappa shape index (κ1) is 15.3. The van der Waals surface area contributed by atoms with Gasteiger partial charge in [0.05, 0.1) is 10.6 Å². The SMILES string of the molecule is CN1C[C@@H]2C[C@H](N(C)C(=O)c3cncc(Cl)c3)C[C@@H]2CC1=O. The van der Waals surface area contributed by atoms with Gasteiger partial charge in [-0.25, -0.2) is 0 Å². The number of likely N-dealkylation sites (tertiary alicyclic amines) is 1. The molecule has 0 radical (unpaired) electrons. The molecule has 0 aromatic carbocycles. The van der Waals surface area contributed by atoms with Crippen LogP contribution in [-0.2, 0) is 4.79 Å². The standard InChI is InChI=1S/C16H20ClN3O2/c1-19-9-12-5-14(4-10(12)6-15(19)21)20(2)16(22)11-3-13(17)8-18-7-11/h3,7-8,10,12,14H,4-6,9H2,1-2H3/t10-,12+,14-/m1/s1. The summed E-state index contributed by atoms with van der Waals surface area (Å²) >= 11 is 5.91. The van der Waals surface area contributed by atoms with Gasteiger partial charge in [0.1, 0.15) is 0 Å². The first-order valence-corrected chi connectivity index (χ1v) is 7.95. The van der Waals surface area contributed by atoms with E-state index in [1.54, 1.807) is 17.2 Å². The Labute approximate surface area is 135 Å². The zero-order chi connectivity index (χ0) is 15.9. The zero-order valence-electron chi connectivity index (χ0n) is 12.8. The van der Waals surface area contributed by atoms with Crippen molar-refractivity contribution >= 4 is 23.4 Å². The minimum atomic E-state index is -0.0571. The molecule has 2 amide bonds. The average Bonchev–Trinajstić information content (AvgIpc) is 2.89. The van der Waals surface area contributed by atoms with Gasteiger partial charge in [-0.15, -0.1) is 0 Å². The van der Waals surface area contributed by atoms with E-state index in [0.717, 1.165) is 19.4 Å². The Morgan fingerprint density at radius 2 is 2.09 bits per heavy atom. The van der Waals surface area contributed by atoms with Gasteiger partial charge in [0.2, 0.25) is 5.91 Å². The summed E-state index contributed by atoms with van der Waals surface area (Å²) in [5.74, 6) is 1.06. The fraction of sp³-hybridized carbons (Fsp3) is 0.562. The molecule has 0 bridgehead atoms. The van der Waals surface area contributed by atoms with Gasteiger partial charge in [-0.05, 0) is 30.7 Å². The number of piperidine rings is 1. The third-order valence-corrected chi connectivity index (χ3v) is 5.21. The monoisotopic (exact) mass is 321 g/mol. The molecule has 0 unspecified atom stereocenters. The highest BCUT2D eigenvalue weighted by molar-refractivity contribution is 6.30. The number of carbonyl (C=O) groups is 2. The highest BCUT2D eigenvalue weighted by Crippen LogP contribution is 2.40. The van der Waals surface area contributed by atoms with Crippen LogP contribution in [0.3, 0.4) is 0 Å². The average molecular weight is 322 g/mol. The Bertz CT molecular complexity index is 607. The van der Waals surface area contributed by atoms with Crippen molar-refractivity contribution in [3.63, 3.8) is 0 Å². The fourth-order valence-electron chi connectivity index (χ4n) is 3.70. The molecule has 1 aromatic heterocycles. The van der Waals surface area contributed by atoms with Crippen molar-refractivity contribution in [3.05, 3.63) is 29.0 Å². The van der Waals surface area contributed by atoms with E-state index in [4.69, 9.17) is 11.6 Å². The van der Waals surface area contributed by atoms with Gasteiger partial charge in [-0.3, -0.25) is 14.6 Å². The number of hydrogen-bond acceptors (Lipinski definition) is 3. The Morgan fingerprint density at radius 1 is 1.36 bits per heavy atom. The first-order valence-electron chi connectivity index (χ1n) is 7.57. The lowest BCUT2D eigenvalue weighted by atomic mass is 9.88. The molecule has 118 valence electrons. The van der Waals surface area contributed by atoms with Crippen molar-refractivity contribution in [1.29, 1.82) is 0 Å². The molecule has 3 atom stereocenters. The number of rotatable bonds is 2. The van der Waals surface area contributed by atoms with Crippen LogP contribution in [0, 0.1) is 11.8 Å². The molecule has 3 rings (SSSR count). The zero-order valence-corrected chi connectivity index (χ0v) is 13.6. The van der Waals surface area contributed by atoms with Crippen molar-refractivity contribution in [2.24, 2.45) is 11.8 Å². The van der Waals surface area contributed by atoms with E-state index in [2.05, 4.69) is 4.98 Å². The predicted molar refractivity (Wildman–Crippen MR) is 83.6 cm³/mol. The lowest BCUT2D eigenvalue weighted by Gasteiger charge is -2.31. The number of amides is 2. The van der Waals surface area contributed by atoms with Crippen molar-refractivity contribution in [2.75, 3.05) is 20.6 Å². The van der Waals surface area contributed by atoms with E-state index in [9.17, 15) is 9.59 Å². The summed E-state index contributed by atoms with van der Waals surface area (Å²) in [6, 6.07) is 1.83. The maximum atomic E-state index is 12.6. The number of fused-ring (bicyclic) bond motifs is 1. The van der Waals surface area contributed by atoms with Gasteiger partial charge < -0.3 is 9.80 Å². The molecule has 2 heterocycles. The predicted octanol–water partition coefficient (Wildman–Crippen LogP) is 2.06. The lowest BCUT2D eigenvalue weighted by molar-refractivity contribution is -0.134. The van der Waals surface area contributed by atoms with Gasteiger partial charge in [0.25, 0.3) is 5.91 Å². The highest BCUT2D eigenvalue weighted by atomic mass is 35.5. The third kappa shape index (κ3) is 2.82. The number of halogens is 1. The first-order chi connectivity index (χ1) is 10.5. The van der Waals surface area contributed by atoms with Crippen molar-refractivity contribution in [3.8, 4) is 0 Å². The normalized spacial score (nSPS) is 27.7. The number of pyridine rings is 1. The molecule has 1 aliphatic carbocycles. The van der Waals surface area contributed by atoms with Crippen LogP contribution in [0.15, 0.2) is 18.5 Å². The van der Waals surface area contributed by atoms with Gasteiger partial charge in [0, 0.05) is 45.5 Å². The van der Waals surface area contributed by atoms with Crippen LogP contribution in [0.5, 0.6) is 0 Å². The Morgan fingerprint density at radius 3 is 2.82 bits per heavy atom. The molecule has 0 spiro atoms. The highest BCUT2D eigenvalue weighted by Gasteiger charge is 2.42. The van der Waals surface area contributed by atoms with Crippen LogP contribution in [0.4, 0.5) is 0 Å². The van der Waals surface area contributed by atoms with Crippen LogP contribution < -0.4 is 0 Å². The van der Waals surface area contributed by atoms with Crippen LogP contribution in [0.2, 0.25) is 5.02 Å². The number of aromatic nitrogens is 1. The van der Waals surface area contributed by atoms with Crippen molar-refractivity contribution in [1.82, 2.24) is 14.8 Å². The van der Waals surface area contributed by atoms with Crippen LogP contribution in [0.25, 0.3) is 0 Å². The van der Waals surface area contributed by atoms with E-state index in [0.29, 0.717) is 28.8 Å². The van der Waals surface area contributed by atoms with Gasteiger partial charge in [-0.2, -0.15) is 0 Å². The Balaban J connectivity index is 1.70. The number of carbonyl (C=O) groups excluding carboxylic acids is 2. The molecule has 1 aliphatic heterocycles. The van der Waals surface area contributed by atoms with Gasteiger partial charge in [-0.1, -0.05) is 11.6 Å². The van der Waals surface area contributed by atoms with Crippen LogP contribution in [0.1, 0.15) is 29.6 Å². The van der Waals surface area contributed by atoms with Gasteiger partial charge >= 0.3 is 0 Å². The molecule has 1 saturated heterocycles. The molecule has 22 heavy (non-hydrogen) atoms. The summed E-state index contributed by atoms with van der Waals surface area (Å²) in [4.78, 5) is 32.0. The summed E-state index contributed by atoms with van der Waals surface area (Å²) in [5, 5.41) is 0.464. The van der Waals surface area contributed by atoms with E-state index >= 15 is 0 Å². The van der Waals surface area contributed by atoms with Crippen molar-refractivity contribution in [2.45, 2.75) is 25.3 Å². The molecular weight excluding hydrogens is 302 g/mol. The Hall–Kier alpha value is -1.62. The number of hydrogen-bond donors (Lipinski definition) is 0. The molecular formula is C16H20ClN3O2. The molecule has 6 heteroatoms. The van der Waals surface area contributed by atoms with E-state index in [1.165, 1.54) is 6.20 Å². The summed E-state index contributed by atoms with van der Waals surface area (Å²) < 4.78 is 0. The van der Waals surface area contributed by atoms with Crippen LogP contribution >= 0.6 is 11.6 Å². The summed E-state index contributed by atoms with van der Waals surface area (Å²) in [6.07, 6.45) is 5.53. The number of nitrogens with zero attached hydrogens (tertiary/aromatic N) is 3. The second-order valence-corrected chi connectivity index (χ2v) is 6.87. The van der Waals surface area contributed by atoms with E-state index in [1.807, 2.05) is 19.0 Å². The summed E-state index contributed by atoms with van der Waals surface area (Å²) in [6.45, 7) is 0.806. The fourth-order valence-corrected chi connectivity index (χ4v) is 3.88. The molecule has 1 saturated carbocycles. The minimum Gasteiger partial charge on any atom is -0.345 e. The second-order valence-electron chi connectivity index (χ2n) is 6.43. The molecule has 0 N–H and O–H groups in total. The smallest absolute Gasteiger partial charge is 0.255 e. The third-order valence-electron chi connectivity index (χ3n) is 5.01. The van der Waals surface area contributed by atoms with E-state index < -0.39 is 0 Å². The maximum Gasteiger partial charge on any atom is 0.255 e. The van der Waals surface area contributed by atoms with E-state index in [-0.39, 0.29) is 17.9 Å². The Kier molecular flexibility index (Phi) is 4.08. The van der Waals surface area contributed by atoms with Crippen molar-refractivity contribution < 1.29 is 9.59 Å². The second kappa shape index (κ2) is 5.88. The largest absolute Gasteiger partial charge is 0.345 e. The summed E-state index contributed by atoms with van der Waals surface area (Å²) in [5.41, 5.74) is 0.512. The molecule has 5 nitrogen and oxygen atoms in total. The lowest BCUT2D eigenvalue weighted by Crippen LogP contribution is -2.39. The molecule has 1 aromatic rings. The topological polar surface area (TPSA) is 53.5 Å². The summed E-state index contributed by atoms with van der Waals surface area (Å²) in [7, 11) is 3.69. The molecule has 2 aliphatic rings. The van der Waals surface area contributed by atoms with Gasteiger partial charge in [0.15, 0.2) is 0 Å². The van der Waals surface area contributed by atoms with Crippen LogP contribution in [-0.4, -0.2) is 53.3 Å². The minimum absolute atomic E-state index is 0.0571.